The minimum atomic E-state index is -0.0640. The number of unbranched alkanes of at least 4 members (excludes halogenated alkanes) is 1. The van der Waals surface area contributed by atoms with Gasteiger partial charge in [0.05, 0.1) is 16.6 Å². The monoisotopic (exact) mass is 339 g/mol. The van der Waals surface area contributed by atoms with Crippen LogP contribution in [0.1, 0.15) is 36.6 Å². The molecule has 0 spiro atoms. The molecule has 5 heteroatoms. The first-order valence-corrected chi connectivity index (χ1v) is 9.06. The third kappa shape index (κ3) is 4.17. The number of benzene rings is 1. The summed E-state index contributed by atoms with van der Waals surface area (Å²) in [5.74, 6) is -0.0640. The van der Waals surface area contributed by atoms with Crippen LogP contribution in [-0.2, 0) is 17.6 Å². The Balaban J connectivity index is 1.68. The summed E-state index contributed by atoms with van der Waals surface area (Å²) in [6.07, 6.45) is 5.53. The highest BCUT2D eigenvalue weighted by Crippen LogP contribution is 2.27. The molecule has 0 aliphatic heterocycles. The maximum absolute atomic E-state index is 12.2. The van der Waals surface area contributed by atoms with Gasteiger partial charge in [0.15, 0.2) is 5.13 Å². The van der Waals surface area contributed by atoms with Crippen molar-refractivity contribution in [1.29, 1.82) is 0 Å². The number of carbonyl (C=O) groups is 1. The molecule has 1 N–H and O–H groups in total. The molecule has 2 aromatic heterocycles. The van der Waals surface area contributed by atoms with Gasteiger partial charge in [-0.3, -0.25) is 9.78 Å². The fraction of sp³-hybridized carbons (Fsp3) is 0.316. The van der Waals surface area contributed by atoms with Gasteiger partial charge >= 0.3 is 0 Å². The normalized spacial score (nSPS) is 10.9. The Morgan fingerprint density at radius 3 is 2.79 bits per heavy atom. The quantitative estimate of drug-likeness (QED) is 0.718. The van der Waals surface area contributed by atoms with Gasteiger partial charge in [0, 0.05) is 11.9 Å². The van der Waals surface area contributed by atoms with Gasteiger partial charge < -0.3 is 5.32 Å². The first-order chi connectivity index (χ1) is 11.6. The summed E-state index contributed by atoms with van der Waals surface area (Å²) in [6, 6.07) is 10.2. The lowest BCUT2D eigenvalue weighted by molar-refractivity contribution is -0.115. The molecule has 0 radical (unpaired) electrons. The Bertz CT molecular complexity index is 839. The molecule has 0 unspecified atom stereocenters. The van der Waals surface area contributed by atoms with E-state index in [1.54, 1.807) is 6.20 Å². The first kappa shape index (κ1) is 16.6. The molecule has 124 valence electrons. The number of amides is 1. The molecule has 0 aliphatic carbocycles. The minimum Gasteiger partial charge on any atom is -0.302 e. The van der Waals surface area contributed by atoms with Gasteiger partial charge in [-0.05, 0) is 49.1 Å². The van der Waals surface area contributed by atoms with Crippen LogP contribution in [0.3, 0.4) is 0 Å². The Morgan fingerprint density at radius 1 is 1.21 bits per heavy atom. The molecular formula is C19H21N3OS. The van der Waals surface area contributed by atoms with E-state index < -0.39 is 0 Å². The minimum absolute atomic E-state index is 0.0640. The van der Waals surface area contributed by atoms with Crippen LogP contribution in [0.2, 0.25) is 0 Å². The van der Waals surface area contributed by atoms with Gasteiger partial charge in [0.1, 0.15) is 0 Å². The smallest absolute Gasteiger partial charge is 0.230 e. The van der Waals surface area contributed by atoms with E-state index in [1.165, 1.54) is 29.7 Å². The Hall–Kier alpha value is -2.27. The van der Waals surface area contributed by atoms with Crippen molar-refractivity contribution in [1.82, 2.24) is 9.97 Å². The van der Waals surface area contributed by atoms with Crippen molar-refractivity contribution in [3.8, 4) is 0 Å². The summed E-state index contributed by atoms with van der Waals surface area (Å²) in [5.41, 5.74) is 4.12. The molecule has 0 bridgehead atoms. The number of thiazole rings is 1. The molecule has 1 amide bonds. The lowest BCUT2D eigenvalue weighted by Gasteiger charge is -2.01. The third-order valence-corrected chi connectivity index (χ3v) is 4.79. The summed E-state index contributed by atoms with van der Waals surface area (Å²) < 4.78 is 1.12. The largest absolute Gasteiger partial charge is 0.302 e. The number of rotatable bonds is 6. The van der Waals surface area contributed by atoms with Crippen molar-refractivity contribution in [2.24, 2.45) is 0 Å². The van der Waals surface area contributed by atoms with Gasteiger partial charge in [0.25, 0.3) is 0 Å². The van der Waals surface area contributed by atoms with Crippen molar-refractivity contribution >= 4 is 32.6 Å². The molecule has 0 fully saturated rings. The van der Waals surface area contributed by atoms with Crippen LogP contribution in [0.25, 0.3) is 10.2 Å². The van der Waals surface area contributed by atoms with Gasteiger partial charge in [-0.1, -0.05) is 36.8 Å². The SMILES string of the molecule is CCCCc1ccc2nc(NC(=O)Cc3ccc(C)nc3)sc2c1. The molecule has 0 saturated heterocycles. The third-order valence-electron chi connectivity index (χ3n) is 3.86. The topological polar surface area (TPSA) is 54.9 Å². The number of fused-ring (bicyclic) bond motifs is 1. The van der Waals surface area contributed by atoms with E-state index in [-0.39, 0.29) is 5.91 Å². The number of carbonyl (C=O) groups excluding carboxylic acids is 1. The maximum atomic E-state index is 12.2. The van der Waals surface area contributed by atoms with E-state index in [1.807, 2.05) is 25.1 Å². The predicted molar refractivity (Wildman–Crippen MR) is 99.5 cm³/mol. The van der Waals surface area contributed by atoms with E-state index in [0.717, 1.165) is 27.9 Å². The zero-order valence-electron chi connectivity index (χ0n) is 14.0. The summed E-state index contributed by atoms with van der Waals surface area (Å²) in [4.78, 5) is 20.9. The van der Waals surface area contributed by atoms with Crippen LogP contribution in [-0.4, -0.2) is 15.9 Å². The number of hydrogen-bond donors (Lipinski definition) is 1. The van der Waals surface area contributed by atoms with Crippen molar-refractivity contribution in [2.45, 2.75) is 39.5 Å². The van der Waals surface area contributed by atoms with E-state index in [0.29, 0.717) is 11.6 Å². The highest BCUT2D eigenvalue weighted by atomic mass is 32.1. The molecule has 0 aliphatic rings. The number of nitrogens with zero attached hydrogens (tertiary/aromatic N) is 2. The van der Waals surface area contributed by atoms with Gasteiger partial charge in [-0.25, -0.2) is 4.98 Å². The number of nitrogens with one attached hydrogen (secondary N) is 1. The zero-order chi connectivity index (χ0) is 16.9. The van der Waals surface area contributed by atoms with Crippen molar-refractivity contribution in [3.05, 3.63) is 53.3 Å². The Labute approximate surface area is 146 Å². The molecule has 3 aromatic rings. The molecule has 24 heavy (non-hydrogen) atoms. The summed E-state index contributed by atoms with van der Waals surface area (Å²) in [6.45, 7) is 4.13. The highest BCUT2D eigenvalue weighted by Gasteiger charge is 2.09. The molecule has 0 atom stereocenters. The molecule has 4 nitrogen and oxygen atoms in total. The van der Waals surface area contributed by atoms with Gasteiger partial charge in [-0.2, -0.15) is 0 Å². The second kappa shape index (κ2) is 7.53. The molecule has 1 aromatic carbocycles. The van der Waals surface area contributed by atoms with Crippen LogP contribution in [0.4, 0.5) is 5.13 Å². The number of anilines is 1. The van der Waals surface area contributed by atoms with Crippen LogP contribution in [0.15, 0.2) is 36.5 Å². The summed E-state index contributed by atoms with van der Waals surface area (Å²) in [5, 5.41) is 3.55. The molecule has 2 heterocycles. The van der Waals surface area contributed by atoms with Gasteiger partial charge in [-0.15, -0.1) is 0 Å². The van der Waals surface area contributed by atoms with E-state index in [4.69, 9.17) is 0 Å². The highest BCUT2D eigenvalue weighted by molar-refractivity contribution is 7.22. The lowest BCUT2D eigenvalue weighted by atomic mass is 10.1. The Morgan fingerprint density at radius 2 is 2.04 bits per heavy atom. The number of pyridine rings is 1. The predicted octanol–water partition coefficient (Wildman–Crippen LogP) is 4.52. The summed E-state index contributed by atoms with van der Waals surface area (Å²) >= 11 is 1.53. The first-order valence-electron chi connectivity index (χ1n) is 8.25. The zero-order valence-corrected chi connectivity index (χ0v) is 14.8. The molecule has 3 rings (SSSR count). The van der Waals surface area contributed by atoms with Crippen molar-refractivity contribution in [3.63, 3.8) is 0 Å². The van der Waals surface area contributed by atoms with E-state index in [9.17, 15) is 4.79 Å². The summed E-state index contributed by atoms with van der Waals surface area (Å²) in [7, 11) is 0. The van der Waals surface area contributed by atoms with Crippen LogP contribution < -0.4 is 5.32 Å². The van der Waals surface area contributed by atoms with E-state index in [2.05, 4.69) is 34.3 Å². The fourth-order valence-electron chi connectivity index (χ4n) is 2.51. The Kier molecular flexibility index (Phi) is 5.20. The van der Waals surface area contributed by atoms with E-state index >= 15 is 0 Å². The second-order valence-electron chi connectivity index (χ2n) is 5.96. The van der Waals surface area contributed by atoms with Crippen LogP contribution in [0, 0.1) is 6.92 Å². The van der Waals surface area contributed by atoms with Crippen LogP contribution in [0.5, 0.6) is 0 Å². The van der Waals surface area contributed by atoms with Crippen molar-refractivity contribution < 1.29 is 4.79 Å². The van der Waals surface area contributed by atoms with Crippen LogP contribution >= 0.6 is 11.3 Å². The lowest BCUT2D eigenvalue weighted by Crippen LogP contribution is -2.14. The fourth-order valence-corrected chi connectivity index (χ4v) is 3.46. The number of aromatic nitrogens is 2. The average Bonchev–Trinajstić information content (AvgIpc) is 2.96. The second-order valence-corrected chi connectivity index (χ2v) is 6.99. The maximum Gasteiger partial charge on any atom is 0.230 e. The molecular weight excluding hydrogens is 318 g/mol. The van der Waals surface area contributed by atoms with Gasteiger partial charge in [0.2, 0.25) is 5.91 Å². The van der Waals surface area contributed by atoms with Crippen molar-refractivity contribution in [2.75, 3.05) is 5.32 Å². The number of hydrogen-bond acceptors (Lipinski definition) is 4. The standard InChI is InChI=1S/C19H21N3OS/c1-3-4-5-14-8-9-16-17(10-14)24-19(21-16)22-18(23)11-15-7-6-13(2)20-12-15/h6-10,12H,3-5,11H2,1-2H3,(H,21,22,23). The number of aryl methyl sites for hydroxylation is 2. The average molecular weight is 339 g/mol. The molecule has 0 saturated carbocycles.